The Morgan fingerprint density at radius 1 is 1.35 bits per heavy atom. The summed E-state index contributed by atoms with van der Waals surface area (Å²) in [4.78, 5) is 0. The first-order chi connectivity index (χ1) is 9.45. The number of hydrogen-bond acceptors (Lipinski definition) is 3. The van der Waals surface area contributed by atoms with Crippen molar-refractivity contribution in [2.24, 2.45) is 5.92 Å². The molecule has 1 aliphatic rings. The minimum atomic E-state index is -3.48. The van der Waals surface area contributed by atoms with Crippen LogP contribution in [0.3, 0.4) is 0 Å². The monoisotopic (exact) mass is 293 g/mol. The fourth-order valence-electron chi connectivity index (χ4n) is 2.41. The number of anilines is 1. The van der Waals surface area contributed by atoms with Gasteiger partial charge in [0.15, 0.2) is 0 Å². The van der Waals surface area contributed by atoms with Gasteiger partial charge >= 0.3 is 10.2 Å². The van der Waals surface area contributed by atoms with Crippen LogP contribution in [0.5, 0.6) is 0 Å². The SMILES string of the molecule is CC1CCCN(S(=O)(=O)N(C)c2ccc(C#N)cc2)C1. The molecule has 20 heavy (non-hydrogen) atoms. The van der Waals surface area contributed by atoms with Crippen LogP contribution in [0.15, 0.2) is 24.3 Å². The van der Waals surface area contributed by atoms with Crippen molar-refractivity contribution < 1.29 is 8.42 Å². The minimum Gasteiger partial charge on any atom is -0.261 e. The zero-order valence-electron chi connectivity index (χ0n) is 11.8. The molecule has 0 spiro atoms. The molecule has 1 unspecified atom stereocenters. The molecule has 0 bridgehead atoms. The average Bonchev–Trinajstić information content (AvgIpc) is 2.46. The van der Waals surface area contributed by atoms with E-state index in [2.05, 4.69) is 6.92 Å². The van der Waals surface area contributed by atoms with E-state index < -0.39 is 10.2 Å². The van der Waals surface area contributed by atoms with Crippen molar-refractivity contribution in [2.75, 3.05) is 24.4 Å². The second-order valence-corrected chi connectivity index (χ2v) is 7.20. The van der Waals surface area contributed by atoms with Crippen LogP contribution in [-0.2, 0) is 10.2 Å². The fourth-order valence-corrected chi connectivity index (χ4v) is 3.95. The lowest BCUT2D eigenvalue weighted by Gasteiger charge is -2.33. The summed E-state index contributed by atoms with van der Waals surface area (Å²) in [7, 11) is -1.93. The van der Waals surface area contributed by atoms with E-state index >= 15 is 0 Å². The second-order valence-electron chi connectivity index (χ2n) is 5.24. The van der Waals surface area contributed by atoms with Crippen molar-refractivity contribution in [3.05, 3.63) is 29.8 Å². The highest BCUT2D eigenvalue weighted by Crippen LogP contribution is 2.23. The second kappa shape index (κ2) is 5.81. The van der Waals surface area contributed by atoms with Gasteiger partial charge in [0.2, 0.25) is 0 Å². The van der Waals surface area contributed by atoms with Crippen molar-refractivity contribution in [3.63, 3.8) is 0 Å². The molecule has 108 valence electrons. The molecule has 0 aliphatic carbocycles. The highest BCUT2D eigenvalue weighted by molar-refractivity contribution is 7.90. The first-order valence-electron chi connectivity index (χ1n) is 6.69. The van der Waals surface area contributed by atoms with Gasteiger partial charge < -0.3 is 0 Å². The van der Waals surface area contributed by atoms with Crippen LogP contribution in [0.2, 0.25) is 0 Å². The number of benzene rings is 1. The molecule has 1 aromatic carbocycles. The lowest BCUT2D eigenvalue weighted by atomic mass is 10.0. The highest BCUT2D eigenvalue weighted by atomic mass is 32.2. The molecule has 0 aromatic heterocycles. The molecule has 1 aromatic rings. The summed E-state index contributed by atoms with van der Waals surface area (Å²) in [5.41, 5.74) is 1.09. The molecule has 6 heteroatoms. The van der Waals surface area contributed by atoms with Gasteiger partial charge in [-0.2, -0.15) is 18.0 Å². The van der Waals surface area contributed by atoms with E-state index in [1.165, 1.54) is 4.31 Å². The number of nitrogens with zero attached hydrogens (tertiary/aromatic N) is 3. The summed E-state index contributed by atoms with van der Waals surface area (Å²) in [6.45, 7) is 3.22. The van der Waals surface area contributed by atoms with Crippen molar-refractivity contribution in [1.82, 2.24) is 4.31 Å². The van der Waals surface area contributed by atoms with Crippen LogP contribution in [0.25, 0.3) is 0 Å². The number of rotatable bonds is 3. The standard InChI is InChI=1S/C14H19N3O2S/c1-12-4-3-9-17(11-12)20(18,19)16(2)14-7-5-13(10-15)6-8-14/h5-8,12H,3-4,9,11H2,1-2H3. The lowest BCUT2D eigenvalue weighted by Crippen LogP contribution is -2.46. The van der Waals surface area contributed by atoms with Gasteiger partial charge in [-0.05, 0) is 43.0 Å². The summed E-state index contributed by atoms with van der Waals surface area (Å²) in [6.07, 6.45) is 1.98. The van der Waals surface area contributed by atoms with Gasteiger partial charge in [0.05, 0.1) is 17.3 Å². The third-order valence-corrected chi connectivity index (χ3v) is 5.54. The Bertz CT molecular complexity index is 604. The van der Waals surface area contributed by atoms with Gasteiger partial charge in [-0.25, -0.2) is 0 Å². The predicted octanol–water partition coefficient (Wildman–Crippen LogP) is 1.97. The lowest BCUT2D eigenvalue weighted by molar-refractivity contribution is 0.281. The molecule has 0 radical (unpaired) electrons. The topological polar surface area (TPSA) is 64.4 Å². The maximum absolute atomic E-state index is 12.6. The Morgan fingerprint density at radius 3 is 2.55 bits per heavy atom. The zero-order chi connectivity index (χ0) is 14.8. The van der Waals surface area contributed by atoms with Crippen molar-refractivity contribution in [2.45, 2.75) is 19.8 Å². The van der Waals surface area contributed by atoms with E-state index in [0.29, 0.717) is 30.3 Å². The fraction of sp³-hybridized carbons (Fsp3) is 0.500. The zero-order valence-corrected chi connectivity index (χ0v) is 12.6. The van der Waals surface area contributed by atoms with E-state index in [1.54, 1.807) is 35.6 Å². The van der Waals surface area contributed by atoms with Crippen molar-refractivity contribution >= 4 is 15.9 Å². The van der Waals surface area contributed by atoms with Gasteiger partial charge in [0.25, 0.3) is 0 Å². The summed E-state index contributed by atoms with van der Waals surface area (Å²) < 4.78 is 28.0. The largest absolute Gasteiger partial charge is 0.303 e. The van der Waals surface area contributed by atoms with E-state index in [9.17, 15) is 8.42 Å². The molecule has 5 nitrogen and oxygen atoms in total. The maximum Gasteiger partial charge on any atom is 0.303 e. The van der Waals surface area contributed by atoms with Gasteiger partial charge in [0, 0.05) is 20.1 Å². The van der Waals surface area contributed by atoms with E-state index in [1.807, 2.05) is 6.07 Å². The van der Waals surface area contributed by atoms with Crippen LogP contribution >= 0.6 is 0 Å². The van der Waals surface area contributed by atoms with Crippen LogP contribution in [-0.4, -0.2) is 32.9 Å². The molecule has 1 saturated heterocycles. The maximum atomic E-state index is 12.6. The minimum absolute atomic E-state index is 0.396. The Morgan fingerprint density at radius 2 is 2.00 bits per heavy atom. The number of piperidine rings is 1. The first-order valence-corrected chi connectivity index (χ1v) is 8.09. The Balaban J connectivity index is 2.21. The number of hydrogen-bond donors (Lipinski definition) is 0. The molecule has 0 amide bonds. The predicted molar refractivity (Wildman–Crippen MR) is 78.5 cm³/mol. The van der Waals surface area contributed by atoms with Gasteiger partial charge in [-0.1, -0.05) is 6.92 Å². The third-order valence-electron chi connectivity index (χ3n) is 3.65. The average molecular weight is 293 g/mol. The van der Waals surface area contributed by atoms with Crippen LogP contribution in [0.1, 0.15) is 25.3 Å². The smallest absolute Gasteiger partial charge is 0.261 e. The molecule has 1 atom stereocenters. The molecule has 0 N–H and O–H groups in total. The molecule has 2 rings (SSSR count). The molecule has 1 heterocycles. The van der Waals surface area contributed by atoms with E-state index in [4.69, 9.17) is 5.26 Å². The molecular weight excluding hydrogens is 274 g/mol. The van der Waals surface area contributed by atoms with E-state index in [-0.39, 0.29) is 0 Å². The molecule has 1 aliphatic heterocycles. The molecule has 1 fully saturated rings. The summed E-state index contributed by atoms with van der Waals surface area (Å²) in [6, 6.07) is 8.59. The Labute approximate surface area is 120 Å². The van der Waals surface area contributed by atoms with Gasteiger partial charge in [-0.3, -0.25) is 4.31 Å². The van der Waals surface area contributed by atoms with E-state index in [0.717, 1.165) is 12.8 Å². The molecule has 0 saturated carbocycles. The quantitative estimate of drug-likeness (QED) is 0.856. The summed E-state index contributed by atoms with van der Waals surface area (Å²) >= 11 is 0. The summed E-state index contributed by atoms with van der Waals surface area (Å²) in [5, 5.41) is 8.77. The van der Waals surface area contributed by atoms with Crippen LogP contribution in [0, 0.1) is 17.2 Å². The summed E-state index contributed by atoms with van der Waals surface area (Å²) in [5.74, 6) is 0.396. The Kier molecular flexibility index (Phi) is 4.31. The van der Waals surface area contributed by atoms with Crippen LogP contribution < -0.4 is 4.31 Å². The first kappa shape index (κ1) is 14.8. The van der Waals surface area contributed by atoms with Gasteiger partial charge in [0.1, 0.15) is 0 Å². The Hall–Kier alpha value is -1.58. The van der Waals surface area contributed by atoms with Crippen LogP contribution in [0.4, 0.5) is 5.69 Å². The van der Waals surface area contributed by atoms with Gasteiger partial charge in [-0.15, -0.1) is 0 Å². The number of nitriles is 1. The normalized spacial score (nSPS) is 20.4. The van der Waals surface area contributed by atoms with Crippen molar-refractivity contribution in [3.8, 4) is 6.07 Å². The highest BCUT2D eigenvalue weighted by Gasteiger charge is 2.30. The van der Waals surface area contributed by atoms with Crippen molar-refractivity contribution in [1.29, 1.82) is 5.26 Å². The third kappa shape index (κ3) is 2.94. The molecular formula is C14H19N3O2S.